The maximum absolute atomic E-state index is 12.6. The van der Waals surface area contributed by atoms with Crippen molar-refractivity contribution in [1.82, 2.24) is 29.9 Å². The summed E-state index contributed by atoms with van der Waals surface area (Å²) in [6, 6.07) is 0. The van der Waals surface area contributed by atoms with Crippen LogP contribution in [-0.2, 0) is 16.1 Å². The van der Waals surface area contributed by atoms with Gasteiger partial charge in [0, 0.05) is 25.5 Å². The summed E-state index contributed by atoms with van der Waals surface area (Å²) in [7, 11) is 0. The number of hydrogen-bond acceptors (Lipinski definition) is 8. The highest BCUT2D eigenvalue weighted by atomic mass is 16.5. The Morgan fingerprint density at radius 2 is 1.90 bits per heavy atom. The van der Waals surface area contributed by atoms with Crippen molar-refractivity contribution in [3.05, 3.63) is 24.5 Å². The third kappa shape index (κ3) is 5.57. The van der Waals surface area contributed by atoms with Gasteiger partial charge < -0.3 is 14.2 Å². The second kappa shape index (κ2) is 9.89. The van der Waals surface area contributed by atoms with Crippen LogP contribution in [0.3, 0.4) is 0 Å². The zero-order chi connectivity index (χ0) is 19.9. The summed E-state index contributed by atoms with van der Waals surface area (Å²) < 4.78 is 11.2. The first-order valence-corrected chi connectivity index (χ1v) is 10.5. The molecular weight excluding hydrogens is 372 g/mol. The second-order valence-electron chi connectivity index (χ2n) is 7.68. The van der Waals surface area contributed by atoms with Crippen LogP contribution in [0.25, 0.3) is 11.5 Å². The van der Waals surface area contributed by atoms with Crippen LogP contribution in [0.15, 0.2) is 23.1 Å². The average molecular weight is 400 g/mol. The molecule has 2 fully saturated rings. The van der Waals surface area contributed by atoms with Crippen molar-refractivity contribution in [1.29, 1.82) is 0 Å². The lowest BCUT2D eigenvalue weighted by Crippen LogP contribution is -2.45. The summed E-state index contributed by atoms with van der Waals surface area (Å²) in [5.74, 6) is 1.08. The van der Waals surface area contributed by atoms with E-state index >= 15 is 0 Å². The molecule has 0 aliphatic carbocycles. The SMILES string of the molecule is O=C(CN1CCCCCC1)N1CCC(OCc2nc(-c3cnccn3)no2)CC1. The molecular formula is C20H28N6O3. The summed E-state index contributed by atoms with van der Waals surface area (Å²) >= 11 is 0. The highest BCUT2D eigenvalue weighted by Gasteiger charge is 2.25. The van der Waals surface area contributed by atoms with E-state index in [4.69, 9.17) is 9.26 Å². The second-order valence-corrected chi connectivity index (χ2v) is 7.68. The first-order chi connectivity index (χ1) is 14.3. The molecule has 2 aliphatic heterocycles. The van der Waals surface area contributed by atoms with E-state index in [1.165, 1.54) is 25.7 Å². The number of aromatic nitrogens is 4. The van der Waals surface area contributed by atoms with Crippen LogP contribution in [0.1, 0.15) is 44.4 Å². The molecule has 4 rings (SSSR count). The third-order valence-corrected chi connectivity index (χ3v) is 5.56. The molecule has 0 bridgehead atoms. The number of carbonyl (C=O) groups is 1. The molecule has 0 aromatic carbocycles. The Hall–Kier alpha value is -2.39. The molecule has 0 saturated carbocycles. The number of piperidine rings is 1. The van der Waals surface area contributed by atoms with Crippen LogP contribution in [0.5, 0.6) is 0 Å². The van der Waals surface area contributed by atoms with Crippen LogP contribution < -0.4 is 0 Å². The smallest absolute Gasteiger partial charge is 0.253 e. The van der Waals surface area contributed by atoms with Crippen molar-refractivity contribution in [2.24, 2.45) is 0 Å². The van der Waals surface area contributed by atoms with E-state index in [1.807, 2.05) is 4.90 Å². The Balaban J connectivity index is 1.19. The van der Waals surface area contributed by atoms with E-state index in [0.29, 0.717) is 24.0 Å². The van der Waals surface area contributed by atoms with Crippen molar-refractivity contribution >= 4 is 5.91 Å². The number of nitrogens with zero attached hydrogens (tertiary/aromatic N) is 6. The first-order valence-electron chi connectivity index (χ1n) is 10.5. The molecule has 2 aromatic heterocycles. The van der Waals surface area contributed by atoms with Crippen molar-refractivity contribution in [3.8, 4) is 11.5 Å². The highest BCUT2D eigenvalue weighted by Crippen LogP contribution is 2.18. The lowest BCUT2D eigenvalue weighted by Gasteiger charge is -2.33. The quantitative estimate of drug-likeness (QED) is 0.725. The molecule has 2 saturated heterocycles. The van der Waals surface area contributed by atoms with Crippen molar-refractivity contribution in [2.75, 3.05) is 32.7 Å². The van der Waals surface area contributed by atoms with E-state index in [-0.39, 0.29) is 18.6 Å². The van der Waals surface area contributed by atoms with Crippen molar-refractivity contribution < 1.29 is 14.1 Å². The molecule has 0 N–H and O–H groups in total. The van der Waals surface area contributed by atoms with Gasteiger partial charge in [0.2, 0.25) is 11.7 Å². The van der Waals surface area contributed by atoms with Crippen molar-refractivity contribution in [3.63, 3.8) is 0 Å². The van der Waals surface area contributed by atoms with E-state index in [1.54, 1.807) is 18.6 Å². The summed E-state index contributed by atoms with van der Waals surface area (Å²) in [6.07, 6.45) is 11.5. The van der Waals surface area contributed by atoms with Gasteiger partial charge >= 0.3 is 0 Å². The van der Waals surface area contributed by atoms with Gasteiger partial charge in [0.15, 0.2) is 0 Å². The lowest BCUT2D eigenvalue weighted by molar-refractivity contribution is -0.135. The van der Waals surface area contributed by atoms with Crippen molar-refractivity contribution in [2.45, 2.75) is 51.2 Å². The zero-order valence-electron chi connectivity index (χ0n) is 16.7. The summed E-state index contributed by atoms with van der Waals surface area (Å²) in [4.78, 5) is 29.3. The Labute approximate surface area is 170 Å². The Morgan fingerprint density at radius 3 is 2.62 bits per heavy atom. The molecule has 2 aliphatic rings. The minimum Gasteiger partial charge on any atom is -0.368 e. The van der Waals surface area contributed by atoms with Crippen LogP contribution in [-0.4, -0.2) is 74.6 Å². The monoisotopic (exact) mass is 400 g/mol. The average Bonchev–Trinajstić information content (AvgIpc) is 3.10. The number of likely N-dealkylation sites (tertiary alicyclic amines) is 2. The Bertz CT molecular complexity index is 768. The Kier molecular flexibility index (Phi) is 6.79. The number of amides is 1. The number of ether oxygens (including phenoxy) is 1. The highest BCUT2D eigenvalue weighted by molar-refractivity contribution is 5.78. The van der Waals surface area contributed by atoms with Crippen LogP contribution in [0, 0.1) is 0 Å². The minimum atomic E-state index is 0.101. The van der Waals surface area contributed by atoms with Gasteiger partial charge in [0.1, 0.15) is 12.3 Å². The van der Waals surface area contributed by atoms with Gasteiger partial charge in [-0.3, -0.25) is 14.7 Å². The summed E-state index contributed by atoms with van der Waals surface area (Å²) in [5.41, 5.74) is 0.568. The normalized spacial score (nSPS) is 19.2. The van der Waals surface area contributed by atoms with E-state index < -0.39 is 0 Å². The molecule has 29 heavy (non-hydrogen) atoms. The molecule has 0 unspecified atom stereocenters. The predicted molar refractivity (Wildman–Crippen MR) is 105 cm³/mol. The van der Waals surface area contributed by atoms with Gasteiger partial charge in [-0.25, -0.2) is 4.98 Å². The minimum absolute atomic E-state index is 0.101. The van der Waals surface area contributed by atoms with Gasteiger partial charge in [-0.15, -0.1) is 0 Å². The molecule has 0 spiro atoms. The van der Waals surface area contributed by atoms with Crippen LogP contribution >= 0.6 is 0 Å². The number of hydrogen-bond donors (Lipinski definition) is 0. The maximum Gasteiger partial charge on any atom is 0.253 e. The zero-order valence-corrected chi connectivity index (χ0v) is 16.7. The molecule has 9 nitrogen and oxygen atoms in total. The fraction of sp³-hybridized carbons (Fsp3) is 0.650. The maximum atomic E-state index is 12.6. The summed E-state index contributed by atoms with van der Waals surface area (Å²) in [6.45, 7) is 4.40. The molecule has 0 radical (unpaired) electrons. The van der Waals surface area contributed by atoms with Gasteiger partial charge in [0.25, 0.3) is 5.89 Å². The molecule has 1 amide bonds. The van der Waals surface area contributed by atoms with E-state index in [9.17, 15) is 4.79 Å². The fourth-order valence-corrected chi connectivity index (χ4v) is 3.88. The van der Waals surface area contributed by atoms with Crippen LogP contribution in [0.4, 0.5) is 0 Å². The molecule has 4 heterocycles. The number of rotatable bonds is 6. The number of carbonyl (C=O) groups excluding carboxylic acids is 1. The molecule has 0 atom stereocenters. The standard InChI is InChI=1S/C20H28N6O3/c27-19(14-25-9-3-1-2-4-10-25)26-11-5-16(6-12-26)28-15-18-23-20(24-29-18)17-13-21-7-8-22-17/h7-8,13,16H,1-6,9-12,14-15H2. The fourth-order valence-electron chi connectivity index (χ4n) is 3.88. The predicted octanol–water partition coefficient (Wildman–Crippen LogP) is 1.91. The largest absolute Gasteiger partial charge is 0.368 e. The van der Waals surface area contributed by atoms with Gasteiger partial charge in [-0.1, -0.05) is 18.0 Å². The Morgan fingerprint density at radius 1 is 1.10 bits per heavy atom. The topological polar surface area (TPSA) is 97.5 Å². The van der Waals surface area contributed by atoms with Crippen LogP contribution in [0.2, 0.25) is 0 Å². The third-order valence-electron chi connectivity index (χ3n) is 5.56. The lowest BCUT2D eigenvalue weighted by atomic mass is 10.1. The molecule has 156 valence electrons. The van der Waals surface area contributed by atoms with E-state index in [0.717, 1.165) is 39.0 Å². The summed E-state index contributed by atoms with van der Waals surface area (Å²) in [5, 5.41) is 3.92. The molecule has 2 aromatic rings. The van der Waals surface area contributed by atoms with Gasteiger partial charge in [-0.05, 0) is 38.8 Å². The molecule has 9 heteroatoms. The van der Waals surface area contributed by atoms with E-state index in [2.05, 4.69) is 25.0 Å². The first kappa shape index (κ1) is 19.9. The van der Waals surface area contributed by atoms with Gasteiger partial charge in [0.05, 0.1) is 18.8 Å². The van der Waals surface area contributed by atoms with Gasteiger partial charge in [-0.2, -0.15) is 4.98 Å².